The van der Waals surface area contributed by atoms with Gasteiger partial charge in [-0.05, 0) is 43.5 Å². The van der Waals surface area contributed by atoms with Gasteiger partial charge < -0.3 is 14.8 Å². The first-order chi connectivity index (χ1) is 16.6. The molecule has 1 atom stereocenters. The lowest BCUT2D eigenvalue weighted by Crippen LogP contribution is -2.42. The molecule has 1 aliphatic rings. The second-order valence-corrected chi connectivity index (χ2v) is 8.98. The number of piperidine rings is 1. The average molecular weight is 457 g/mol. The second-order valence-electron chi connectivity index (χ2n) is 8.98. The smallest absolute Gasteiger partial charge is 0.223 e. The Balaban J connectivity index is 1.31. The normalized spacial score (nSPS) is 15.4. The van der Waals surface area contributed by atoms with Gasteiger partial charge in [-0.3, -0.25) is 4.79 Å². The summed E-state index contributed by atoms with van der Waals surface area (Å²) in [5, 5.41) is 3.17. The van der Waals surface area contributed by atoms with E-state index < -0.39 is 0 Å². The van der Waals surface area contributed by atoms with Gasteiger partial charge in [-0.15, -0.1) is 0 Å². The molecule has 1 amide bonds. The number of hydrogen-bond donors (Lipinski definition) is 1. The number of amides is 1. The summed E-state index contributed by atoms with van der Waals surface area (Å²) in [6.45, 7) is 3.90. The van der Waals surface area contributed by atoms with E-state index in [0.717, 1.165) is 48.5 Å². The van der Waals surface area contributed by atoms with Crippen molar-refractivity contribution in [3.8, 4) is 0 Å². The van der Waals surface area contributed by atoms with Crippen molar-refractivity contribution in [2.75, 3.05) is 18.0 Å². The first-order valence-electron chi connectivity index (χ1n) is 11.9. The van der Waals surface area contributed by atoms with Crippen molar-refractivity contribution in [1.29, 1.82) is 0 Å². The van der Waals surface area contributed by atoms with Crippen LogP contribution in [0, 0.1) is 11.7 Å². The molecule has 2 heterocycles. The van der Waals surface area contributed by atoms with Gasteiger partial charge in [0, 0.05) is 24.6 Å². The third-order valence-corrected chi connectivity index (χ3v) is 6.73. The first kappa shape index (κ1) is 22.1. The number of nitrogens with one attached hydrogen (secondary N) is 1. The van der Waals surface area contributed by atoms with Crippen LogP contribution in [-0.4, -0.2) is 28.5 Å². The molecule has 0 spiro atoms. The van der Waals surface area contributed by atoms with Gasteiger partial charge in [-0.1, -0.05) is 60.7 Å². The monoisotopic (exact) mass is 456 g/mol. The fourth-order valence-corrected chi connectivity index (χ4v) is 4.76. The molecule has 0 aliphatic carbocycles. The highest BCUT2D eigenvalue weighted by atomic mass is 19.1. The van der Waals surface area contributed by atoms with E-state index in [1.54, 1.807) is 6.07 Å². The number of imidazole rings is 1. The molecule has 34 heavy (non-hydrogen) atoms. The van der Waals surface area contributed by atoms with Crippen LogP contribution in [0.4, 0.5) is 10.3 Å². The second kappa shape index (κ2) is 9.67. The van der Waals surface area contributed by atoms with Gasteiger partial charge in [-0.25, -0.2) is 9.37 Å². The number of carbonyl (C=O) groups is 1. The molecule has 3 aromatic carbocycles. The molecule has 1 fully saturated rings. The molecule has 1 saturated heterocycles. The summed E-state index contributed by atoms with van der Waals surface area (Å²) in [7, 11) is 0. The summed E-state index contributed by atoms with van der Waals surface area (Å²) >= 11 is 0. The Bertz CT molecular complexity index is 1280. The van der Waals surface area contributed by atoms with Gasteiger partial charge in [-0.2, -0.15) is 0 Å². The summed E-state index contributed by atoms with van der Waals surface area (Å²) < 4.78 is 16.5. The van der Waals surface area contributed by atoms with Crippen molar-refractivity contribution in [3.63, 3.8) is 0 Å². The minimum absolute atomic E-state index is 0.0169. The number of aromatic nitrogens is 2. The van der Waals surface area contributed by atoms with Crippen molar-refractivity contribution in [2.24, 2.45) is 5.92 Å². The molecule has 174 valence electrons. The van der Waals surface area contributed by atoms with Crippen molar-refractivity contribution in [1.82, 2.24) is 14.9 Å². The zero-order valence-electron chi connectivity index (χ0n) is 19.3. The van der Waals surface area contributed by atoms with Crippen LogP contribution in [0.2, 0.25) is 0 Å². The lowest BCUT2D eigenvalue weighted by molar-refractivity contribution is -0.126. The largest absolute Gasteiger partial charge is 0.349 e. The zero-order chi connectivity index (χ0) is 23.5. The SMILES string of the molecule is C[C@@H](NC(=O)C1CCN(c2nc3ccccc3n2Cc2ccccc2F)CC1)c1ccccc1. The van der Waals surface area contributed by atoms with Crippen molar-refractivity contribution in [3.05, 3.63) is 95.8 Å². The average Bonchev–Trinajstić information content (AvgIpc) is 3.24. The quantitative estimate of drug-likeness (QED) is 0.427. The van der Waals surface area contributed by atoms with Crippen molar-refractivity contribution in [2.45, 2.75) is 32.4 Å². The van der Waals surface area contributed by atoms with Crippen LogP contribution in [0.1, 0.15) is 36.9 Å². The predicted octanol–water partition coefficient (Wildman–Crippen LogP) is 5.32. The van der Waals surface area contributed by atoms with Gasteiger partial charge in [0.25, 0.3) is 0 Å². The molecular formula is C28H29FN4O. The van der Waals surface area contributed by atoms with E-state index in [0.29, 0.717) is 12.1 Å². The third-order valence-electron chi connectivity index (χ3n) is 6.73. The maximum atomic E-state index is 14.4. The summed E-state index contributed by atoms with van der Waals surface area (Å²) in [6.07, 6.45) is 1.52. The van der Waals surface area contributed by atoms with Crippen LogP contribution in [0.5, 0.6) is 0 Å². The Labute approximate surface area is 199 Å². The summed E-state index contributed by atoms with van der Waals surface area (Å²) in [6, 6.07) is 24.9. The molecule has 1 aliphatic heterocycles. The van der Waals surface area contributed by atoms with Crippen LogP contribution in [0.25, 0.3) is 11.0 Å². The number of rotatable bonds is 6. The molecule has 0 unspecified atom stereocenters. The number of nitrogens with zero attached hydrogens (tertiary/aromatic N) is 3. The van der Waals surface area contributed by atoms with Crippen molar-refractivity contribution < 1.29 is 9.18 Å². The number of fused-ring (bicyclic) bond motifs is 1. The molecule has 6 heteroatoms. The fraction of sp³-hybridized carbons (Fsp3) is 0.286. The standard InChI is InChI=1S/C28H29FN4O/c1-20(21-9-3-2-4-10-21)30-27(34)22-15-17-32(18-16-22)28-31-25-13-7-8-14-26(25)33(28)19-23-11-5-6-12-24(23)29/h2-14,20,22H,15-19H2,1H3,(H,30,34)/t20-/m1/s1. The minimum atomic E-state index is -0.214. The highest BCUT2D eigenvalue weighted by Gasteiger charge is 2.28. The molecule has 0 bridgehead atoms. The van der Waals surface area contributed by atoms with E-state index >= 15 is 0 Å². The Morgan fingerprint density at radius 3 is 2.44 bits per heavy atom. The first-order valence-corrected chi connectivity index (χ1v) is 11.9. The Morgan fingerprint density at radius 2 is 1.68 bits per heavy atom. The number of hydrogen-bond acceptors (Lipinski definition) is 3. The van der Waals surface area contributed by atoms with Crippen LogP contribution in [0.3, 0.4) is 0 Å². The molecule has 0 radical (unpaired) electrons. The maximum Gasteiger partial charge on any atom is 0.223 e. The lowest BCUT2D eigenvalue weighted by Gasteiger charge is -2.33. The lowest BCUT2D eigenvalue weighted by atomic mass is 9.95. The molecule has 5 nitrogen and oxygen atoms in total. The van der Waals surface area contributed by atoms with Gasteiger partial charge in [0.1, 0.15) is 5.82 Å². The van der Waals surface area contributed by atoms with Gasteiger partial charge in [0.15, 0.2) is 0 Å². The fourth-order valence-electron chi connectivity index (χ4n) is 4.76. The summed E-state index contributed by atoms with van der Waals surface area (Å²) in [4.78, 5) is 20.0. The highest BCUT2D eigenvalue weighted by Crippen LogP contribution is 2.28. The molecule has 5 rings (SSSR count). The van der Waals surface area contributed by atoms with Gasteiger partial charge in [0.2, 0.25) is 11.9 Å². The Kier molecular flexibility index (Phi) is 6.30. The third kappa shape index (κ3) is 4.53. The zero-order valence-corrected chi connectivity index (χ0v) is 19.3. The predicted molar refractivity (Wildman–Crippen MR) is 133 cm³/mol. The van der Waals surface area contributed by atoms with E-state index in [1.165, 1.54) is 6.07 Å². The number of para-hydroxylation sites is 2. The van der Waals surface area contributed by atoms with Gasteiger partial charge >= 0.3 is 0 Å². The van der Waals surface area contributed by atoms with E-state index in [4.69, 9.17) is 4.98 Å². The van der Waals surface area contributed by atoms with Crippen molar-refractivity contribution >= 4 is 22.9 Å². The van der Waals surface area contributed by atoms with E-state index in [9.17, 15) is 9.18 Å². The molecule has 1 aromatic heterocycles. The van der Waals surface area contributed by atoms with Crippen LogP contribution >= 0.6 is 0 Å². The Morgan fingerprint density at radius 1 is 1.00 bits per heavy atom. The Hall–Kier alpha value is -3.67. The number of anilines is 1. The van der Waals surface area contributed by atoms with Crippen LogP contribution in [-0.2, 0) is 11.3 Å². The molecule has 0 saturated carbocycles. The molecule has 1 N–H and O–H groups in total. The number of halogens is 1. The maximum absolute atomic E-state index is 14.4. The molecule has 4 aromatic rings. The number of carbonyl (C=O) groups excluding carboxylic acids is 1. The highest BCUT2D eigenvalue weighted by molar-refractivity contribution is 5.80. The topological polar surface area (TPSA) is 50.2 Å². The van der Waals surface area contributed by atoms with E-state index in [1.807, 2.05) is 73.7 Å². The van der Waals surface area contributed by atoms with Crippen LogP contribution in [0.15, 0.2) is 78.9 Å². The van der Waals surface area contributed by atoms with E-state index in [-0.39, 0.29) is 23.7 Å². The number of benzene rings is 3. The summed E-state index contributed by atoms with van der Waals surface area (Å²) in [5.74, 6) is 0.706. The van der Waals surface area contributed by atoms with E-state index in [2.05, 4.69) is 14.8 Å². The van der Waals surface area contributed by atoms with Gasteiger partial charge in [0.05, 0.1) is 23.6 Å². The van der Waals surface area contributed by atoms with Crippen LogP contribution < -0.4 is 10.2 Å². The molecular weight excluding hydrogens is 427 g/mol. The minimum Gasteiger partial charge on any atom is -0.349 e. The summed E-state index contributed by atoms with van der Waals surface area (Å²) in [5.41, 5.74) is 3.62.